The molecule has 6 heterocycles. The fraction of sp³-hybridized carbons (Fsp3) is 0.323. The second-order valence-corrected chi connectivity index (χ2v) is 24.0. The molecule has 2 fully saturated rings. The third-order valence-electron chi connectivity index (χ3n) is 15.2. The smallest absolute Gasteiger partial charge is 0.254 e. The molecule has 88 heavy (non-hydrogen) atoms. The van der Waals surface area contributed by atoms with Gasteiger partial charge in [-0.05, 0) is 177 Å². The quantitative estimate of drug-likeness (QED) is 0.0715. The highest BCUT2D eigenvalue weighted by atomic mass is 127. The molecule has 5 aromatic heterocycles. The predicted octanol–water partition coefficient (Wildman–Crippen LogP) is 10.9. The van der Waals surface area contributed by atoms with Gasteiger partial charge in [-0.15, -0.1) is 16.6 Å². The maximum Gasteiger partial charge on any atom is 0.254 e. The molecule has 2 saturated carbocycles. The van der Waals surface area contributed by atoms with E-state index in [4.69, 9.17) is 37.8 Å². The average molecular weight is 1430 g/mol. The molecule has 0 saturated heterocycles. The number of amides is 3. The Morgan fingerprint density at radius 2 is 1.30 bits per heavy atom. The molecule has 8 aromatic rings. The Bertz CT molecular complexity index is 3930. The van der Waals surface area contributed by atoms with Gasteiger partial charge in [0.1, 0.15) is 47.2 Å². The molecular weight excluding hydrogens is 1360 g/mol. The lowest BCUT2D eigenvalue weighted by atomic mass is 9.92. The molecule has 1 aliphatic heterocycles. The van der Waals surface area contributed by atoms with Gasteiger partial charge in [0.25, 0.3) is 17.7 Å². The number of aromatic nitrogens is 9. The van der Waals surface area contributed by atoms with Crippen LogP contribution in [0.2, 0.25) is 0 Å². The van der Waals surface area contributed by atoms with Gasteiger partial charge in [-0.3, -0.25) is 14.4 Å². The second kappa shape index (κ2) is 28.1. The van der Waals surface area contributed by atoms with E-state index in [1.54, 1.807) is 82.4 Å². The van der Waals surface area contributed by atoms with Crippen molar-refractivity contribution in [3.8, 4) is 40.8 Å². The van der Waals surface area contributed by atoms with Crippen molar-refractivity contribution in [3.63, 3.8) is 0 Å². The molecule has 26 heteroatoms. The first-order valence-electron chi connectivity index (χ1n) is 28.1. The molecule has 3 amide bonds. The van der Waals surface area contributed by atoms with Crippen LogP contribution in [0.5, 0.6) is 17.2 Å². The first kappa shape index (κ1) is 63.9. The van der Waals surface area contributed by atoms with E-state index in [-0.39, 0.29) is 54.3 Å². The molecule has 0 spiro atoms. The highest BCUT2D eigenvalue weighted by Gasteiger charge is 2.31. The third-order valence-corrected chi connectivity index (χ3v) is 16.3. The minimum atomic E-state index is -0.625. The first-order chi connectivity index (χ1) is 42.1. The largest absolute Gasteiger partial charge is 0.482 e. The van der Waals surface area contributed by atoms with Crippen molar-refractivity contribution < 1.29 is 41.8 Å². The summed E-state index contributed by atoms with van der Waals surface area (Å²) in [5, 5.41) is 17.2. The van der Waals surface area contributed by atoms with Gasteiger partial charge in [0.2, 0.25) is 0 Å². The molecule has 3 aliphatic rings. The molecule has 0 radical (unpaired) electrons. The zero-order valence-corrected chi connectivity index (χ0v) is 53.3. The predicted molar refractivity (Wildman–Crippen MR) is 340 cm³/mol. The summed E-state index contributed by atoms with van der Waals surface area (Å²) in [6.45, 7) is 5.92. The van der Waals surface area contributed by atoms with Crippen LogP contribution in [0, 0.1) is 36.9 Å². The number of nitrogens with zero attached hydrogens (tertiary/aromatic N) is 12. The lowest BCUT2D eigenvalue weighted by Crippen LogP contribution is -2.28. The minimum absolute atomic E-state index is 0.151. The Balaban J connectivity index is 0.000000159. The fourth-order valence-corrected chi connectivity index (χ4v) is 10.8. The summed E-state index contributed by atoms with van der Waals surface area (Å²) in [5.41, 5.74) is 23.1. The number of terminal acetylenes is 1. The van der Waals surface area contributed by atoms with E-state index in [0.29, 0.717) is 74.6 Å². The van der Waals surface area contributed by atoms with Crippen molar-refractivity contribution in [1.82, 2.24) is 59.6 Å². The zero-order chi connectivity index (χ0) is 63.1. The number of carbonyl (C=O) groups is 3. The van der Waals surface area contributed by atoms with Crippen molar-refractivity contribution in [2.45, 2.75) is 103 Å². The summed E-state index contributed by atoms with van der Waals surface area (Å²) in [7, 11) is 4.97. The van der Waals surface area contributed by atoms with Crippen LogP contribution >= 0.6 is 45.2 Å². The molecular formula is C62H64F3I2N15O6. The van der Waals surface area contributed by atoms with Gasteiger partial charge < -0.3 is 46.1 Å². The lowest BCUT2D eigenvalue weighted by molar-refractivity contribution is 0.0771. The molecule has 2 bridgehead atoms. The maximum atomic E-state index is 14.1. The molecule has 458 valence electrons. The number of hydrogen-bond acceptors (Lipinski definition) is 16. The molecule has 3 atom stereocenters. The van der Waals surface area contributed by atoms with Crippen molar-refractivity contribution >= 4 is 80.4 Å². The number of benzene rings is 3. The number of ether oxygens (including phenoxy) is 3. The summed E-state index contributed by atoms with van der Waals surface area (Å²) < 4.78 is 65.2. The first-order valence-corrected chi connectivity index (χ1v) is 30.2. The lowest BCUT2D eigenvalue weighted by Gasteiger charge is -2.28. The Morgan fingerprint density at radius 1 is 0.750 bits per heavy atom. The number of hydrogen-bond donors (Lipinski definition) is 3. The molecule has 0 unspecified atom stereocenters. The van der Waals surface area contributed by atoms with E-state index in [0.717, 1.165) is 50.5 Å². The van der Waals surface area contributed by atoms with Crippen LogP contribution in [0.25, 0.3) is 11.3 Å². The SMILES string of the molecule is C#CCN(C)C(=O)c1ccc(F)cc1[C@@H](C)Oc1cc(I)cnc1N.C[C@@H](Oc1cc(I)cnc1N)c1cc(F)ccc1C(=O)N(C)Cc1cn(C2CCC2)nn1.C[C@H]1Oc2cc(cnc2N)-c2c(nnn2C2CCC2)CN(C)C(=O)c2ccc(F)cc21. The van der Waals surface area contributed by atoms with Gasteiger partial charge in [-0.2, -0.15) is 0 Å². The van der Waals surface area contributed by atoms with E-state index in [1.165, 1.54) is 65.9 Å². The summed E-state index contributed by atoms with van der Waals surface area (Å²) in [4.78, 5) is 56.0. The standard InChI is InChI=1S/C22H24FIN6O2.C22H23FN6O2.C18H17FIN3O2/c1-13(32-20-9-15(24)10-26-21(20)25)19-8-14(23)6-7-18(19)22(31)29(2)11-16-12-30(28-27-16)17-4-3-5-17;1-12-17-9-14(23)6-7-16(17)22(30)28(2)11-18-20(29(27-26-18)15-4-3-5-15)13-8-19(31-12)21(24)25-10-13;1-4-7-23(3)18(24)14-6-5-12(19)8-15(14)11(2)25-16-9-13(20)10-22-17(16)21/h6-10,12-13,17H,3-5,11H2,1-2H3,(H2,25,26);6-10,12,15H,3-5,11H2,1-2H3,(H2,24,25);1,5-6,8-11H,7H2,2-3H3,(H2,21,22)/t13-;12-;11-/m111/s1. The molecule has 21 nitrogen and oxygen atoms in total. The molecule has 2 aliphatic carbocycles. The number of pyridine rings is 3. The maximum absolute atomic E-state index is 14.1. The third kappa shape index (κ3) is 14.9. The Labute approximate surface area is 533 Å². The zero-order valence-electron chi connectivity index (χ0n) is 49.0. The highest BCUT2D eigenvalue weighted by Crippen LogP contribution is 2.40. The monoisotopic (exact) mass is 1430 g/mol. The topological polar surface area (TPSA) is 267 Å². The van der Waals surface area contributed by atoms with Crippen LogP contribution < -0.4 is 31.4 Å². The van der Waals surface area contributed by atoms with Gasteiger partial charge in [0.05, 0.1) is 43.6 Å². The van der Waals surface area contributed by atoms with Crippen LogP contribution in [-0.2, 0) is 13.1 Å². The van der Waals surface area contributed by atoms with Gasteiger partial charge in [0.15, 0.2) is 34.7 Å². The van der Waals surface area contributed by atoms with Crippen LogP contribution in [0.1, 0.15) is 149 Å². The van der Waals surface area contributed by atoms with E-state index in [2.05, 4.69) is 86.7 Å². The van der Waals surface area contributed by atoms with Crippen molar-refractivity contribution in [2.24, 2.45) is 0 Å². The number of anilines is 3. The summed E-state index contributed by atoms with van der Waals surface area (Å²) in [6.07, 6.45) is 16.8. The van der Waals surface area contributed by atoms with Gasteiger partial charge in [-0.1, -0.05) is 16.3 Å². The number of nitrogens with two attached hydrogens (primary N) is 3. The molecule has 11 rings (SSSR count). The van der Waals surface area contributed by atoms with Gasteiger partial charge in [-0.25, -0.2) is 37.5 Å². The minimum Gasteiger partial charge on any atom is -0.482 e. The average Bonchev–Trinajstić information content (AvgIpc) is 1.69. The summed E-state index contributed by atoms with van der Waals surface area (Å²) in [6, 6.07) is 18.1. The Morgan fingerprint density at radius 3 is 1.85 bits per heavy atom. The number of rotatable bonds is 13. The Kier molecular flexibility index (Phi) is 20.4. The van der Waals surface area contributed by atoms with Crippen LogP contribution in [-0.4, -0.2) is 105 Å². The van der Waals surface area contributed by atoms with E-state index in [9.17, 15) is 27.6 Å². The number of fused-ring (bicyclic) bond motifs is 5. The van der Waals surface area contributed by atoms with Crippen molar-refractivity contribution in [2.75, 3.05) is 44.9 Å². The summed E-state index contributed by atoms with van der Waals surface area (Å²) in [5.74, 6) is 2.03. The van der Waals surface area contributed by atoms with E-state index < -0.39 is 35.8 Å². The van der Waals surface area contributed by atoms with Crippen molar-refractivity contribution in [1.29, 1.82) is 0 Å². The van der Waals surface area contributed by atoms with Gasteiger partial charge in [0, 0.05) is 85.8 Å². The fourth-order valence-electron chi connectivity index (χ4n) is 9.96. The second-order valence-electron chi connectivity index (χ2n) is 21.5. The van der Waals surface area contributed by atoms with E-state index in [1.807, 2.05) is 21.6 Å². The Hall–Kier alpha value is -8.59. The normalized spacial score (nSPS) is 15.2. The molecule has 6 N–H and O–H groups in total. The van der Waals surface area contributed by atoms with Crippen LogP contribution in [0.4, 0.5) is 30.6 Å². The summed E-state index contributed by atoms with van der Waals surface area (Å²) >= 11 is 4.19. The van der Waals surface area contributed by atoms with E-state index >= 15 is 0 Å². The van der Waals surface area contributed by atoms with Crippen LogP contribution in [0.3, 0.4) is 0 Å². The van der Waals surface area contributed by atoms with Gasteiger partial charge >= 0.3 is 0 Å². The highest BCUT2D eigenvalue weighted by molar-refractivity contribution is 14.1. The number of carbonyl (C=O) groups excluding carboxylic acids is 3. The van der Waals surface area contributed by atoms with Crippen molar-refractivity contribution in [3.05, 3.63) is 167 Å². The van der Waals surface area contributed by atoms with Crippen LogP contribution in [0.15, 0.2) is 97.6 Å². The number of nitrogen functional groups attached to an aromatic ring is 3. The number of halogens is 5. The molecule has 3 aromatic carbocycles.